The van der Waals surface area contributed by atoms with Gasteiger partial charge in [0.25, 0.3) is 0 Å². The van der Waals surface area contributed by atoms with Gasteiger partial charge in [0.1, 0.15) is 0 Å². The van der Waals surface area contributed by atoms with Crippen molar-refractivity contribution >= 4 is 8.58 Å². The standard InChI is InChI=1S/C7H10O2P.C5H5.Fe/c8-7(9)10-5-6-3-1-2-4-6;1-2-4-5-3-1;/h1-4,7-10H,5H2;1-5H;. The molecule has 88 valence electrons. The van der Waals surface area contributed by atoms with E-state index in [9.17, 15) is 10.2 Å². The summed E-state index contributed by atoms with van der Waals surface area (Å²) in [4.78, 5) is 12.4. The van der Waals surface area contributed by atoms with Gasteiger partial charge >= 0.3 is 85.2 Å². The Morgan fingerprint density at radius 3 is 1.69 bits per heavy atom. The topological polar surface area (TPSA) is 40.5 Å². The van der Waals surface area contributed by atoms with Gasteiger partial charge in [-0.15, -0.1) is 0 Å². The molecule has 10 aliphatic heterocycles. The van der Waals surface area contributed by atoms with Crippen molar-refractivity contribution in [3.05, 3.63) is 0 Å². The third-order valence-electron chi connectivity index (χ3n) is 15.5. The third-order valence-corrected chi connectivity index (χ3v) is 60.0. The van der Waals surface area contributed by atoms with Gasteiger partial charge in [-0.05, 0) is 0 Å². The van der Waals surface area contributed by atoms with Crippen LogP contribution < -0.4 is 0 Å². The van der Waals surface area contributed by atoms with Crippen LogP contribution in [0.4, 0.5) is 0 Å². The first kappa shape index (κ1) is 6.35. The second kappa shape index (κ2) is 0.499. The summed E-state index contributed by atoms with van der Waals surface area (Å²) in [6, 6.07) is -0.986. The van der Waals surface area contributed by atoms with Gasteiger partial charge in [-0.1, -0.05) is 0 Å². The van der Waals surface area contributed by atoms with Gasteiger partial charge in [-0.25, -0.2) is 0 Å². The number of rotatable bonds is 3. The van der Waals surface area contributed by atoms with Gasteiger partial charge in [-0.3, -0.25) is 0 Å². The molecule has 0 aliphatic carbocycles. The van der Waals surface area contributed by atoms with Crippen LogP contribution in [0, 0.1) is 0 Å². The Balaban J connectivity index is 1.51. The van der Waals surface area contributed by atoms with E-state index in [0.717, 1.165) is 4.31 Å². The molecule has 0 aromatic carbocycles. The summed E-state index contributed by atoms with van der Waals surface area (Å²) in [5, 5.41) is 18.5. The molecular weight excluding hydrogens is 263 g/mol. The fourth-order valence-corrected chi connectivity index (χ4v) is 96.4. The monoisotopic (exact) mass is 278 g/mol. The van der Waals surface area contributed by atoms with Gasteiger partial charge < -0.3 is 0 Å². The molecule has 10 fully saturated rings. The number of hydrogen-bond acceptors (Lipinski definition) is 2. The van der Waals surface area contributed by atoms with Crippen LogP contribution in [0.2, 0.25) is 47.7 Å². The first-order valence-electron chi connectivity index (χ1n) is 6.77. The number of aliphatic hydroxyl groups is 2. The second-order valence-electron chi connectivity index (χ2n) is 10.6. The zero-order chi connectivity index (χ0) is 10.0. The summed E-state index contributed by atoms with van der Waals surface area (Å²) in [6.07, 6.45) is 1.29. The van der Waals surface area contributed by atoms with E-state index in [-0.39, 0.29) is 0 Å². The summed E-state index contributed by atoms with van der Waals surface area (Å²) in [6.45, 7) is -2.82. The average Bonchev–Trinajstić information content (AvgIpc) is 3.20. The number of aliphatic hydroxyl groups excluding tert-OH is 1. The van der Waals surface area contributed by atoms with Crippen molar-refractivity contribution in [2.75, 3.05) is 6.16 Å². The van der Waals surface area contributed by atoms with Crippen LogP contribution in [0.25, 0.3) is 0 Å². The maximum atomic E-state index is 9.23. The van der Waals surface area contributed by atoms with E-state index in [1.54, 1.807) is 0 Å². The Morgan fingerprint density at radius 2 is 1.44 bits per heavy atom. The SMILES string of the molecule is OC(O)PC[C]12[CH]3[CH]4[CH]5[CH]1[Fe]45321678[CH]2[CH]1[CH]6[CH]7[CH]28. The van der Waals surface area contributed by atoms with Gasteiger partial charge in [-0.2, -0.15) is 0 Å². The van der Waals surface area contributed by atoms with Crippen molar-refractivity contribution in [1.29, 1.82) is 0 Å². The summed E-state index contributed by atoms with van der Waals surface area (Å²) < 4.78 is 0.918. The third kappa shape index (κ3) is 0.0592. The fraction of sp³-hybridized carbons (Fsp3) is 1.00. The van der Waals surface area contributed by atoms with Crippen molar-refractivity contribution in [3.8, 4) is 0 Å². The normalized spacial score (nSPS) is 127. The molecular formula is C12H15FeO2P. The van der Waals surface area contributed by atoms with Crippen molar-refractivity contribution in [1.82, 2.24) is 0 Å². The van der Waals surface area contributed by atoms with E-state index in [2.05, 4.69) is 0 Å². The number of fused-ring (bicyclic) bond motifs is 10. The molecule has 16 heavy (non-hydrogen) atoms. The molecule has 0 aromatic heterocycles. The zero-order valence-electron chi connectivity index (χ0n) is 8.73. The van der Waals surface area contributed by atoms with Gasteiger partial charge in [0.2, 0.25) is 0 Å². The molecule has 0 amide bonds. The summed E-state index contributed by atoms with van der Waals surface area (Å²) >= 11 is 0. The minimum atomic E-state index is -2.82. The van der Waals surface area contributed by atoms with Crippen LogP contribution in [0.5, 0.6) is 0 Å². The molecule has 5 unspecified atom stereocenters. The van der Waals surface area contributed by atoms with Crippen LogP contribution in [0.15, 0.2) is 0 Å². The van der Waals surface area contributed by atoms with Gasteiger partial charge in [0.05, 0.1) is 0 Å². The molecule has 0 radical (unpaired) electrons. The Labute approximate surface area is 85.2 Å². The van der Waals surface area contributed by atoms with Crippen LogP contribution in [-0.2, 0) is 6.51 Å². The molecule has 2 N–H and O–H groups in total. The van der Waals surface area contributed by atoms with E-state index < -0.39 is 12.5 Å². The van der Waals surface area contributed by atoms with Crippen molar-refractivity contribution in [3.63, 3.8) is 0 Å². The molecule has 0 bridgehead atoms. The molecule has 10 aliphatic rings. The maximum absolute atomic E-state index is 9.23. The van der Waals surface area contributed by atoms with E-state index in [0.29, 0.717) is 8.58 Å². The van der Waals surface area contributed by atoms with E-state index in [1.807, 2.05) is 0 Å². The van der Waals surface area contributed by atoms with Crippen LogP contribution in [0.1, 0.15) is 0 Å². The minimum absolute atomic E-state index is 0.456. The Hall–Kier alpha value is 0.869. The Bertz CT molecular complexity index is 839. The van der Waals surface area contributed by atoms with Gasteiger partial charge in [0.15, 0.2) is 0 Å². The molecule has 10 saturated heterocycles. The molecule has 1 spiro atoms. The molecule has 10 rings (SSSR count). The molecule has 4 heteroatoms. The molecule has 0 aromatic rings. The number of hydrogen-bond donors (Lipinski definition) is 2. The van der Waals surface area contributed by atoms with Gasteiger partial charge in [0, 0.05) is 0 Å². The van der Waals surface area contributed by atoms with Crippen molar-refractivity contribution in [2.45, 2.75) is 53.7 Å². The summed E-state index contributed by atoms with van der Waals surface area (Å²) in [7, 11) is 0.456. The van der Waals surface area contributed by atoms with E-state index >= 15 is 0 Å². The van der Waals surface area contributed by atoms with Crippen molar-refractivity contribution < 1.29 is 16.7 Å². The Kier molecular flexibility index (Phi) is 0.198. The molecule has 2 nitrogen and oxygen atoms in total. The predicted octanol–water partition coefficient (Wildman–Crippen LogP) is 2.69. The molecule has 5 atom stereocenters. The van der Waals surface area contributed by atoms with Crippen molar-refractivity contribution in [2.24, 2.45) is 0 Å². The predicted molar refractivity (Wildman–Crippen MR) is 57.9 cm³/mol. The second-order valence-corrected chi connectivity index (χ2v) is 35.5. The van der Waals surface area contributed by atoms with Crippen LogP contribution >= 0.6 is 8.58 Å². The summed E-state index contributed by atoms with van der Waals surface area (Å²) in [5.41, 5.74) is 0. The van der Waals surface area contributed by atoms with Crippen LogP contribution in [-0.4, -0.2) is 22.4 Å². The van der Waals surface area contributed by atoms with E-state index in [1.165, 1.54) is 49.5 Å². The molecule has 10 heterocycles. The first-order valence-corrected chi connectivity index (χ1v) is 14.3. The molecule has 0 saturated carbocycles. The van der Waals surface area contributed by atoms with E-state index in [4.69, 9.17) is 0 Å². The Morgan fingerprint density at radius 1 is 0.938 bits per heavy atom. The fourth-order valence-electron chi connectivity index (χ4n) is 17.4. The van der Waals surface area contributed by atoms with Crippen LogP contribution in [0.3, 0.4) is 0 Å². The quantitative estimate of drug-likeness (QED) is 0.473. The first-order chi connectivity index (χ1) is 7.46. The summed E-state index contributed by atoms with van der Waals surface area (Å²) in [5.74, 6) is 0. The zero-order valence-corrected chi connectivity index (χ0v) is 10.8. The average molecular weight is 278 g/mol.